The number of hydrogen-bond acceptors (Lipinski definition) is 6. The molecule has 29 heavy (non-hydrogen) atoms. The highest BCUT2D eigenvalue weighted by Gasteiger charge is 2.36. The van der Waals surface area contributed by atoms with Gasteiger partial charge in [0.15, 0.2) is 0 Å². The van der Waals surface area contributed by atoms with Crippen LogP contribution in [-0.4, -0.2) is 29.9 Å². The lowest BCUT2D eigenvalue weighted by molar-refractivity contribution is -0.385. The minimum Gasteiger partial charge on any atom is -0.497 e. The molecule has 0 bridgehead atoms. The molecule has 3 rings (SSSR count). The lowest BCUT2D eigenvalue weighted by Gasteiger charge is -2.26. The number of rotatable bonds is 5. The number of carbonyl (C=O) groups is 3. The zero-order valence-corrected chi connectivity index (χ0v) is 15.2. The highest BCUT2D eigenvalue weighted by molar-refractivity contribution is 6.37. The molecule has 9 nitrogen and oxygen atoms in total. The number of anilines is 1. The van der Waals surface area contributed by atoms with Crippen LogP contribution in [0.1, 0.15) is 5.56 Å². The van der Waals surface area contributed by atoms with Crippen molar-refractivity contribution in [2.75, 3.05) is 12.0 Å². The number of nitrogens with zero attached hydrogens (tertiary/aromatic N) is 2. The zero-order chi connectivity index (χ0) is 21.0. The van der Waals surface area contributed by atoms with E-state index in [1.807, 2.05) is 0 Å². The Labute approximate surface area is 165 Å². The second-order valence-electron chi connectivity index (χ2n) is 5.86. The van der Waals surface area contributed by atoms with Crippen molar-refractivity contribution in [1.29, 1.82) is 0 Å². The number of methoxy groups -OCH3 is 1. The average Bonchev–Trinajstić information content (AvgIpc) is 2.70. The number of allylic oxidation sites excluding steroid dienone is 2. The van der Waals surface area contributed by atoms with Crippen molar-refractivity contribution in [1.82, 2.24) is 5.32 Å². The van der Waals surface area contributed by atoms with Crippen LogP contribution in [0.2, 0.25) is 0 Å². The smallest absolute Gasteiger partial charge is 0.335 e. The third kappa shape index (κ3) is 4.03. The molecule has 9 heteroatoms. The predicted octanol–water partition coefficient (Wildman–Crippen LogP) is 2.83. The van der Waals surface area contributed by atoms with E-state index in [4.69, 9.17) is 4.74 Å². The van der Waals surface area contributed by atoms with Gasteiger partial charge in [-0.15, -0.1) is 0 Å². The predicted molar refractivity (Wildman–Crippen MR) is 104 cm³/mol. The number of urea groups is 1. The lowest BCUT2D eigenvalue weighted by atomic mass is 10.1. The van der Waals surface area contributed by atoms with Crippen LogP contribution in [0.3, 0.4) is 0 Å². The number of ether oxygens (including phenoxy) is 1. The summed E-state index contributed by atoms with van der Waals surface area (Å²) in [6.45, 7) is 0. The van der Waals surface area contributed by atoms with Crippen LogP contribution in [0.25, 0.3) is 6.08 Å². The van der Waals surface area contributed by atoms with E-state index >= 15 is 0 Å². The van der Waals surface area contributed by atoms with Gasteiger partial charge in [-0.3, -0.25) is 25.0 Å². The first-order valence-electron chi connectivity index (χ1n) is 8.38. The Morgan fingerprint density at radius 3 is 2.59 bits per heavy atom. The van der Waals surface area contributed by atoms with Gasteiger partial charge in [-0.2, -0.15) is 0 Å². The van der Waals surface area contributed by atoms with Gasteiger partial charge in [-0.25, -0.2) is 9.69 Å². The van der Waals surface area contributed by atoms with Crippen molar-refractivity contribution < 1.29 is 24.0 Å². The summed E-state index contributed by atoms with van der Waals surface area (Å²) in [5, 5.41) is 13.2. The number of para-hydroxylation sites is 1. The normalized spacial score (nSPS) is 15.7. The molecule has 1 heterocycles. The maximum Gasteiger partial charge on any atom is 0.335 e. The molecule has 0 aliphatic carbocycles. The molecule has 1 aliphatic rings. The largest absolute Gasteiger partial charge is 0.497 e. The summed E-state index contributed by atoms with van der Waals surface area (Å²) >= 11 is 0. The van der Waals surface area contributed by atoms with Crippen LogP contribution in [0.4, 0.5) is 16.2 Å². The molecule has 0 aromatic heterocycles. The Morgan fingerprint density at radius 2 is 1.86 bits per heavy atom. The molecule has 0 spiro atoms. The fourth-order valence-corrected chi connectivity index (χ4v) is 2.70. The minimum absolute atomic E-state index is 0.116. The summed E-state index contributed by atoms with van der Waals surface area (Å²) in [6, 6.07) is 11.4. The van der Waals surface area contributed by atoms with Gasteiger partial charge in [0.2, 0.25) is 0 Å². The number of hydrogen-bond donors (Lipinski definition) is 1. The molecule has 0 unspecified atom stereocenters. The van der Waals surface area contributed by atoms with Crippen LogP contribution in [-0.2, 0) is 9.59 Å². The monoisotopic (exact) mass is 393 g/mol. The molecule has 1 fully saturated rings. The summed E-state index contributed by atoms with van der Waals surface area (Å²) < 4.78 is 5.09. The Morgan fingerprint density at radius 1 is 1.10 bits per heavy atom. The number of barbiturate groups is 1. The molecule has 1 aliphatic heterocycles. The van der Waals surface area contributed by atoms with Crippen LogP contribution in [0, 0.1) is 10.1 Å². The summed E-state index contributed by atoms with van der Waals surface area (Å²) in [7, 11) is 1.44. The number of imide groups is 2. The number of amides is 4. The van der Waals surface area contributed by atoms with Crippen molar-refractivity contribution in [3.8, 4) is 5.75 Å². The molecule has 0 atom stereocenters. The molecule has 2 aromatic rings. The minimum atomic E-state index is -0.881. The molecule has 0 radical (unpaired) electrons. The Kier molecular flexibility index (Phi) is 5.49. The van der Waals surface area contributed by atoms with E-state index < -0.39 is 22.8 Å². The maximum atomic E-state index is 12.8. The van der Waals surface area contributed by atoms with E-state index in [1.165, 1.54) is 55.7 Å². The molecular weight excluding hydrogens is 378 g/mol. The van der Waals surface area contributed by atoms with Gasteiger partial charge in [0.1, 0.15) is 11.3 Å². The van der Waals surface area contributed by atoms with Crippen LogP contribution >= 0.6 is 0 Å². The molecule has 0 saturated carbocycles. The number of benzene rings is 2. The van der Waals surface area contributed by atoms with Gasteiger partial charge in [0.05, 0.1) is 23.3 Å². The van der Waals surface area contributed by atoms with Gasteiger partial charge < -0.3 is 4.74 Å². The van der Waals surface area contributed by atoms with E-state index in [-0.39, 0.29) is 16.9 Å². The van der Waals surface area contributed by atoms with Gasteiger partial charge in [-0.05, 0) is 30.4 Å². The molecule has 146 valence electrons. The van der Waals surface area contributed by atoms with Crippen molar-refractivity contribution in [2.45, 2.75) is 0 Å². The highest BCUT2D eigenvalue weighted by atomic mass is 16.6. The van der Waals surface area contributed by atoms with Crippen molar-refractivity contribution in [3.05, 3.63) is 81.9 Å². The third-order valence-electron chi connectivity index (χ3n) is 4.09. The van der Waals surface area contributed by atoms with Crippen molar-refractivity contribution in [2.24, 2.45) is 0 Å². The molecule has 1 saturated heterocycles. The second kappa shape index (κ2) is 8.17. The SMILES string of the molecule is COc1cccc(N2C(=O)NC(=O)/C(=C/C=C/c3ccccc3[N+](=O)[O-])C2=O)c1. The summed E-state index contributed by atoms with van der Waals surface area (Å²) in [5.41, 5.74) is 0.128. The Hall–Kier alpha value is -4.27. The Balaban J connectivity index is 1.92. The van der Waals surface area contributed by atoms with E-state index in [9.17, 15) is 24.5 Å². The summed E-state index contributed by atoms with van der Waals surface area (Å²) in [4.78, 5) is 48.4. The average molecular weight is 393 g/mol. The number of nitro groups is 1. The quantitative estimate of drug-likeness (QED) is 0.361. The van der Waals surface area contributed by atoms with E-state index in [0.717, 1.165) is 4.90 Å². The van der Waals surface area contributed by atoms with E-state index in [1.54, 1.807) is 18.2 Å². The topological polar surface area (TPSA) is 119 Å². The van der Waals surface area contributed by atoms with Gasteiger partial charge in [0.25, 0.3) is 17.5 Å². The Bertz CT molecular complexity index is 1070. The standard InChI is InChI=1S/C20H15N3O6/c1-29-15-9-5-8-14(12-15)22-19(25)16(18(24)21-20(22)26)10-4-7-13-6-2-3-11-17(13)23(27)28/h2-12H,1H3,(H,21,24,26)/b7-4+,16-10-. The summed E-state index contributed by atoms with van der Waals surface area (Å²) in [5.74, 6) is -1.24. The molecule has 1 N–H and O–H groups in total. The fraction of sp³-hybridized carbons (Fsp3) is 0.0500. The van der Waals surface area contributed by atoms with E-state index in [0.29, 0.717) is 11.3 Å². The van der Waals surface area contributed by atoms with Gasteiger partial charge >= 0.3 is 6.03 Å². The number of nitro benzene ring substituents is 1. The number of carbonyl (C=O) groups excluding carboxylic acids is 3. The molecule has 4 amide bonds. The van der Waals surface area contributed by atoms with Gasteiger partial charge in [-0.1, -0.05) is 24.3 Å². The number of nitrogens with one attached hydrogen (secondary N) is 1. The second-order valence-corrected chi connectivity index (χ2v) is 5.86. The van der Waals surface area contributed by atoms with Gasteiger partial charge in [0, 0.05) is 12.1 Å². The summed E-state index contributed by atoms with van der Waals surface area (Å²) in [6.07, 6.45) is 3.95. The lowest BCUT2D eigenvalue weighted by Crippen LogP contribution is -2.54. The zero-order valence-electron chi connectivity index (χ0n) is 15.2. The first-order valence-corrected chi connectivity index (χ1v) is 8.38. The van der Waals surface area contributed by atoms with Crippen LogP contribution in [0.15, 0.2) is 66.3 Å². The highest BCUT2D eigenvalue weighted by Crippen LogP contribution is 2.25. The first kappa shape index (κ1) is 19.5. The first-order chi connectivity index (χ1) is 13.9. The molecule has 2 aromatic carbocycles. The van der Waals surface area contributed by atoms with Crippen LogP contribution in [0.5, 0.6) is 5.75 Å². The van der Waals surface area contributed by atoms with Crippen molar-refractivity contribution >= 4 is 35.3 Å². The van der Waals surface area contributed by atoms with Crippen LogP contribution < -0.4 is 15.0 Å². The maximum absolute atomic E-state index is 12.8. The third-order valence-corrected chi connectivity index (χ3v) is 4.09. The van der Waals surface area contributed by atoms with E-state index in [2.05, 4.69) is 5.32 Å². The molecular formula is C20H15N3O6. The fourth-order valence-electron chi connectivity index (χ4n) is 2.70. The van der Waals surface area contributed by atoms with Crippen molar-refractivity contribution in [3.63, 3.8) is 0 Å².